The second-order valence-electron chi connectivity index (χ2n) is 5.50. The summed E-state index contributed by atoms with van der Waals surface area (Å²) in [5.41, 5.74) is 0.801. The molecule has 1 fully saturated rings. The molecule has 2 rings (SSSR count). The SMILES string of the molecule is C[Si](C)(Oc1cccc(Cl)c1)C1CCCCC1. The monoisotopic (exact) mass is 268 g/mol. The maximum Gasteiger partial charge on any atom is 0.248 e. The molecule has 1 aromatic rings. The molecule has 1 saturated carbocycles. The molecular formula is C14H21ClOSi. The first-order valence-electron chi connectivity index (χ1n) is 6.52. The highest BCUT2D eigenvalue weighted by Gasteiger charge is 2.36. The normalized spacial score (nSPS) is 18.1. The third kappa shape index (κ3) is 3.49. The first kappa shape index (κ1) is 13.0. The van der Waals surface area contributed by atoms with Gasteiger partial charge in [-0.3, -0.25) is 0 Å². The summed E-state index contributed by atoms with van der Waals surface area (Å²) in [7, 11) is -1.62. The Morgan fingerprint density at radius 1 is 1.18 bits per heavy atom. The summed E-state index contributed by atoms with van der Waals surface area (Å²) in [5, 5.41) is 0.760. The average Bonchev–Trinajstić information content (AvgIpc) is 2.29. The summed E-state index contributed by atoms with van der Waals surface area (Å²) in [6.07, 6.45) is 6.84. The van der Waals surface area contributed by atoms with E-state index in [0.717, 1.165) is 16.3 Å². The predicted molar refractivity (Wildman–Crippen MR) is 76.4 cm³/mol. The van der Waals surface area contributed by atoms with Gasteiger partial charge in [0.15, 0.2) is 0 Å². The molecule has 0 aliphatic heterocycles. The Hall–Kier alpha value is -0.473. The zero-order valence-corrected chi connectivity index (χ0v) is 12.5. The molecular weight excluding hydrogens is 248 g/mol. The minimum absolute atomic E-state index is 0.760. The van der Waals surface area contributed by atoms with E-state index in [-0.39, 0.29) is 0 Å². The van der Waals surface area contributed by atoms with Gasteiger partial charge in [-0.05, 0) is 49.7 Å². The molecule has 0 saturated heterocycles. The van der Waals surface area contributed by atoms with Crippen molar-refractivity contribution in [2.45, 2.75) is 50.7 Å². The van der Waals surface area contributed by atoms with Gasteiger partial charge < -0.3 is 4.43 Å². The van der Waals surface area contributed by atoms with E-state index in [4.69, 9.17) is 16.0 Å². The number of halogens is 1. The number of hydrogen-bond donors (Lipinski definition) is 0. The average molecular weight is 269 g/mol. The minimum atomic E-state index is -1.62. The third-order valence-electron chi connectivity index (χ3n) is 3.77. The summed E-state index contributed by atoms with van der Waals surface area (Å²) in [6, 6.07) is 7.80. The molecule has 1 nitrogen and oxygen atoms in total. The molecule has 0 heterocycles. The van der Waals surface area contributed by atoms with E-state index in [1.54, 1.807) is 0 Å². The van der Waals surface area contributed by atoms with Crippen LogP contribution in [-0.4, -0.2) is 8.32 Å². The van der Waals surface area contributed by atoms with Crippen LogP contribution in [0.1, 0.15) is 32.1 Å². The van der Waals surface area contributed by atoms with Crippen LogP contribution in [0, 0.1) is 0 Å². The Morgan fingerprint density at radius 2 is 1.88 bits per heavy atom. The van der Waals surface area contributed by atoms with Crippen molar-refractivity contribution in [3.05, 3.63) is 29.3 Å². The largest absolute Gasteiger partial charge is 0.544 e. The second-order valence-corrected chi connectivity index (χ2v) is 10.2. The quantitative estimate of drug-likeness (QED) is 0.680. The van der Waals surface area contributed by atoms with Crippen molar-refractivity contribution in [3.8, 4) is 5.75 Å². The van der Waals surface area contributed by atoms with Crippen molar-refractivity contribution < 1.29 is 4.43 Å². The predicted octanol–water partition coefficient (Wildman–Crippen LogP) is 5.26. The van der Waals surface area contributed by atoms with Crippen molar-refractivity contribution in [1.29, 1.82) is 0 Å². The lowest BCUT2D eigenvalue weighted by molar-refractivity contribution is 0.440. The van der Waals surface area contributed by atoms with Crippen molar-refractivity contribution >= 4 is 19.9 Å². The maximum absolute atomic E-state index is 6.28. The molecule has 0 amide bonds. The van der Waals surface area contributed by atoms with Gasteiger partial charge in [-0.25, -0.2) is 0 Å². The Bertz CT molecular complexity index is 372. The highest BCUT2D eigenvalue weighted by Crippen LogP contribution is 2.38. The van der Waals surface area contributed by atoms with Crippen molar-refractivity contribution in [3.63, 3.8) is 0 Å². The van der Waals surface area contributed by atoms with Gasteiger partial charge in [-0.1, -0.05) is 36.9 Å². The minimum Gasteiger partial charge on any atom is -0.544 e. The summed E-state index contributed by atoms with van der Waals surface area (Å²) < 4.78 is 6.28. The molecule has 1 aliphatic carbocycles. The fraction of sp³-hybridized carbons (Fsp3) is 0.571. The van der Waals surface area contributed by atoms with Crippen LogP contribution in [0.4, 0.5) is 0 Å². The molecule has 3 heteroatoms. The van der Waals surface area contributed by atoms with Gasteiger partial charge in [-0.2, -0.15) is 0 Å². The van der Waals surface area contributed by atoms with E-state index in [1.807, 2.05) is 24.3 Å². The highest BCUT2D eigenvalue weighted by molar-refractivity contribution is 6.73. The van der Waals surface area contributed by atoms with Crippen LogP contribution >= 0.6 is 11.6 Å². The molecule has 1 aromatic carbocycles. The first-order chi connectivity index (χ1) is 8.08. The molecule has 94 valence electrons. The van der Waals surface area contributed by atoms with Crippen LogP contribution in [0.25, 0.3) is 0 Å². The Morgan fingerprint density at radius 3 is 2.53 bits per heavy atom. The maximum atomic E-state index is 6.28. The van der Waals surface area contributed by atoms with Crippen molar-refractivity contribution in [1.82, 2.24) is 0 Å². The van der Waals surface area contributed by atoms with Crippen molar-refractivity contribution in [2.75, 3.05) is 0 Å². The first-order valence-corrected chi connectivity index (χ1v) is 9.89. The van der Waals surface area contributed by atoms with Gasteiger partial charge in [0.1, 0.15) is 5.75 Å². The Balaban J connectivity index is 2.05. The van der Waals surface area contributed by atoms with Gasteiger partial charge in [0.05, 0.1) is 0 Å². The fourth-order valence-electron chi connectivity index (χ4n) is 2.72. The number of rotatable bonds is 3. The zero-order valence-electron chi connectivity index (χ0n) is 10.7. The van der Waals surface area contributed by atoms with Crippen LogP contribution in [0.5, 0.6) is 5.75 Å². The summed E-state index contributed by atoms with van der Waals surface area (Å²) in [5.74, 6) is 0.944. The summed E-state index contributed by atoms with van der Waals surface area (Å²) >= 11 is 5.99. The lowest BCUT2D eigenvalue weighted by Crippen LogP contribution is -2.40. The van der Waals surface area contributed by atoms with Crippen LogP contribution in [-0.2, 0) is 0 Å². The smallest absolute Gasteiger partial charge is 0.248 e. The van der Waals surface area contributed by atoms with Crippen LogP contribution < -0.4 is 4.43 Å². The lowest BCUT2D eigenvalue weighted by Gasteiger charge is -2.35. The molecule has 0 spiro atoms. The number of hydrogen-bond acceptors (Lipinski definition) is 1. The van der Waals surface area contributed by atoms with E-state index in [2.05, 4.69) is 13.1 Å². The second kappa shape index (κ2) is 5.45. The number of benzene rings is 1. The van der Waals surface area contributed by atoms with Gasteiger partial charge >= 0.3 is 0 Å². The van der Waals surface area contributed by atoms with Crippen LogP contribution in [0.2, 0.25) is 23.7 Å². The molecule has 0 atom stereocenters. The van der Waals surface area contributed by atoms with Crippen LogP contribution in [0.15, 0.2) is 24.3 Å². The van der Waals surface area contributed by atoms with Crippen LogP contribution in [0.3, 0.4) is 0 Å². The standard InChI is InChI=1S/C14H21ClOSi/c1-17(2,14-9-4-3-5-10-14)16-13-8-6-7-12(15)11-13/h6-8,11,14H,3-5,9-10H2,1-2H3. The van der Waals surface area contributed by atoms with E-state index in [0.29, 0.717) is 0 Å². The fourth-order valence-corrected chi connectivity index (χ4v) is 5.60. The van der Waals surface area contributed by atoms with E-state index in [1.165, 1.54) is 32.1 Å². The third-order valence-corrected chi connectivity index (χ3v) is 7.31. The van der Waals surface area contributed by atoms with E-state index < -0.39 is 8.32 Å². The highest BCUT2D eigenvalue weighted by atomic mass is 35.5. The van der Waals surface area contributed by atoms with Gasteiger partial charge in [0, 0.05) is 5.02 Å². The topological polar surface area (TPSA) is 9.23 Å². The molecule has 0 N–H and O–H groups in total. The van der Waals surface area contributed by atoms with Crippen molar-refractivity contribution in [2.24, 2.45) is 0 Å². The van der Waals surface area contributed by atoms with Gasteiger partial charge in [-0.15, -0.1) is 0 Å². The van der Waals surface area contributed by atoms with E-state index in [9.17, 15) is 0 Å². The Kier molecular flexibility index (Phi) is 4.16. The zero-order chi connectivity index (χ0) is 12.3. The summed E-state index contributed by atoms with van der Waals surface area (Å²) in [6.45, 7) is 4.67. The summed E-state index contributed by atoms with van der Waals surface area (Å²) in [4.78, 5) is 0. The lowest BCUT2D eigenvalue weighted by atomic mass is 10.0. The molecule has 17 heavy (non-hydrogen) atoms. The van der Waals surface area contributed by atoms with Gasteiger partial charge in [0.25, 0.3) is 0 Å². The Labute approximate surface area is 110 Å². The molecule has 0 unspecified atom stereocenters. The molecule has 0 aromatic heterocycles. The molecule has 0 bridgehead atoms. The molecule has 1 aliphatic rings. The van der Waals surface area contributed by atoms with Gasteiger partial charge in [0.2, 0.25) is 8.32 Å². The van der Waals surface area contributed by atoms with E-state index >= 15 is 0 Å². The molecule has 0 radical (unpaired) electrons.